The third kappa shape index (κ3) is 18.5. The van der Waals surface area contributed by atoms with Gasteiger partial charge in [-0.2, -0.15) is 0 Å². The van der Waals surface area contributed by atoms with E-state index in [2.05, 4.69) is 46.9 Å². The number of hydrogen-bond donors (Lipinski definition) is 2. The summed E-state index contributed by atoms with van der Waals surface area (Å²) >= 11 is 0. The van der Waals surface area contributed by atoms with Crippen LogP contribution in [-0.2, 0) is 4.79 Å². The van der Waals surface area contributed by atoms with Crippen LogP contribution in [-0.4, -0.2) is 23.9 Å². The van der Waals surface area contributed by atoms with Gasteiger partial charge in [0.2, 0.25) is 0 Å². The normalized spacial score (nSPS) is 15.9. The Bertz CT molecular complexity index is 522. The van der Waals surface area contributed by atoms with Crippen LogP contribution < -0.4 is 11.1 Å². The minimum atomic E-state index is -0.188. The lowest BCUT2D eigenvalue weighted by atomic mass is 9.74. The molecule has 3 heteroatoms. The first-order chi connectivity index (χ1) is 17.8. The number of carbonyl (C=O) groups excluding carboxylic acids is 1. The number of rotatable bonds is 28. The number of Topliss-reactive ketones (excluding diaryl/α,β-unsaturated/α-hetero) is 1. The third-order valence-electron chi connectivity index (χ3n) is 8.77. The fourth-order valence-corrected chi connectivity index (χ4v) is 5.95. The molecule has 3 N–H and O–H groups in total. The summed E-state index contributed by atoms with van der Waals surface area (Å²) < 4.78 is 0. The monoisotopic (exact) mass is 523 g/mol. The van der Waals surface area contributed by atoms with Gasteiger partial charge in [-0.3, -0.25) is 4.79 Å². The van der Waals surface area contributed by atoms with Crippen LogP contribution >= 0.6 is 0 Å². The van der Waals surface area contributed by atoms with Gasteiger partial charge < -0.3 is 11.1 Å². The molecular weight excluding hydrogens is 452 g/mol. The molecule has 0 heterocycles. The number of unbranched alkanes of at least 4 members (excludes halogenated alkanes) is 14. The van der Waals surface area contributed by atoms with Crippen LogP contribution in [0.5, 0.6) is 0 Å². The average Bonchev–Trinajstić information content (AvgIpc) is 2.88. The fraction of sp³-hybridized carbons (Fsp3) is 0.971. The van der Waals surface area contributed by atoms with Crippen molar-refractivity contribution in [1.82, 2.24) is 5.32 Å². The first kappa shape index (κ1) is 36.6. The molecule has 0 spiro atoms. The summed E-state index contributed by atoms with van der Waals surface area (Å²) in [6, 6.07) is 0.0920. The van der Waals surface area contributed by atoms with Crippen LogP contribution in [0, 0.1) is 5.41 Å². The Hall–Kier alpha value is -0.410. The molecule has 0 aliphatic heterocycles. The van der Waals surface area contributed by atoms with Crippen LogP contribution in [0.3, 0.4) is 0 Å². The molecule has 3 atom stereocenters. The predicted molar refractivity (Wildman–Crippen MR) is 166 cm³/mol. The van der Waals surface area contributed by atoms with Crippen LogP contribution in [0.2, 0.25) is 0 Å². The first-order valence-corrected chi connectivity index (χ1v) is 16.8. The van der Waals surface area contributed by atoms with Gasteiger partial charge in [-0.1, -0.05) is 150 Å². The maximum Gasteiger partial charge on any atom is 0.140 e. The van der Waals surface area contributed by atoms with E-state index in [0.29, 0.717) is 18.7 Å². The van der Waals surface area contributed by atoms with Crippen molar-refractivity contribution in [3.8, 4) is 0 Å². The van der Waals surface area contributed by atoms with Gasteiger partial charge >= 0.3 is 0 Å². The molecule has 0 aliphatic carbocycles. The highest BCUT2D eigenvalue weighted by molar-refractivity contribution is 5.85. The number of nitrogens with two attached hydrogens (primary N) is 1. The first-order valence-electron chi connectivity index (χ1n) is 16.8. The van der Waals surface area contributed by atoms with E-state index in [1.165, 1.54) is 128 Å². The van der Waals surface area contributed by atoms with E-state index in [9.17, 15) is 4.79 Å². The molecular formula is C34H70N2O. The van der Waals surface area contributed by atoms with E-state index >= 15 is 0 Å². The molecule has 0 fully saturated rings. The Morgan fingerprint density at radius 3 is 1.32 bits per heavy atom. The van der Waals surface area contributed by atoms with E-state index in [0.717, 1.165) is 12.8 Å². The van der Waals surface area contributed by atoms with Crippen LogP contribution in [0.15, 0.2) is 0 Å². The highest BCUT2D eigenvalue weighted by Crippen LogP contribution is 2.34. The Morgan fingerprint density at radius 2 is 0.946 bits per heavy atom. The molecule has 0 saturated heterocycles. The van der Waals surface area contributed by atoms with Gasteiger partial charge in [0.25, 0.3) is 0 Å². The van der Waals surface area contributed by atoms with Gasteiger partial charge in [0.05, 0.1) is 0 Å². The average molecular weight is 523 g/mol. The van der Waals surface area contributed by atoms with Crippen LogP contribution in [0.25, 0.3) is 0 Å². The van der Waals surface area contributed by atoms with Crippen molar-refractivity contribution in [2.24, 2.45) is 11.1 Å². The van der Waals surface area contributed by atoms with E-state index in [4.69, 9.17) is 5.73 Å². The van der Waals surface area contributed by atoms with Gasteiger partial charge in [0.15, 0.2) is 0 Å². The third-order valence-corrected chi connectivity index (χ3v) is 8.77. The molecule has 0 bridgehead atoms. The Kier molecular flexibility index (Phi) is 23.2. The Balaban J connectivity index is 5.22. The standard InChI is InChI=1S/C34H70N2O/c1-7-11-15-19-22-26-33(5,25-21-17-13-9-3)32(37)29-31(30-35)36-34(6,27-23-18-14-10-4)28-24-20-16-12-8-2/h31,36H,7-30,35H2,1-6H3. The largest absolute Gasteiger partial charge is 0.329 e. The lowest BCUT2D eigenvalue weighted by Crippen LogP contribution is -2.52. The molecule has 3 unspecified atom stereocenters. The number of carbonyl (C=O) groups is 1. The maximum absolute atomic E-state index is 13.8. The van der Waals surface area contributed by atoms with Gasteiger partial charge in [-0.05, 0) is 32.6 Å². The summed E-state index contributed by atoms with van der Waals surface area (Å²) in [5.74, 6) is 0.457. The lowest BCUT2D eigenvalue weighted by Gasteiger charge is -2.37. The van der Waals surface area contributed by atoms with Crippen molar-refractivity contribution in [2.75, 3.05) is 6.54 Å². The number of hydrogen-bond acceptors (Lipinski definition) is 3. The minimum absolute atomic E-state index is 0.0853. The molecule has 0 aromatic heterocycles. The molecule has 0 amide bonds. The number of nitrogens with one attached hydrogen (secondary N) is 1. The highest BCUT2D eigenvalue weighted by atomic mass is 16.1. The zero-order valence-corrected chi connectivity index (χ0v) is 26.5. The molecule has 0 radical (unpaired) electrons. The zero-order chi connectivity index (χ0) is 27.8. The molecule has 222 valence electrons. The summed E-state index contributed by atoms with van der Waals surface area (Å²) in [5, 5.41) is 3.97. The lowest BCUT2D eigenvalue weighted by molar-refractivity contribution is -0.129. The smallest absolute Gasteiger partial charge is 0.140 e. The van der Waals surface area contributed by atoms with Gasteiger partial charge in [-0.25, -0.2) is 0 Å². The highest BCUT2D eigenvalue weighted by Gasteiger charge is 2.34. The van der Waals surface area contributed by atoms with Gasteiger partial charge in [0.1, 0.15) is 5.78 Å². The number of ketones is 1. The summed E-state index contributed by atoms with van der Waals surface area (Å²) in [4.78, 5) is 13.8. The minimum Gasteiger partial charge on any atom is -0.329 e. The quantitative estimate of drug-likeness (QED) is 0.100. The molecule has 37 heavy (non-hydrogen) atoms. The molecule has 0 aromatic rings. The molecule has 0 saturated carbocycles. The van der Waals surface area contributed by atoms with Crippen LogP contribution in [0.1, 0.15) is 189 Å². The SMILES string of the molecule is CCCCCCCC(C)(CCCCCC)NC(CN)CC(=O)C(C)(CCCCCC)CCCCCCC. The molecule has 0 aliphatic rings. The Morgan fingerprint density at radius 1 is 0.595 bits per heavy atom. The second kappa shape index (κ2) is 23.5. The van der Waals surface area contributed by atoms with E-state index in [-0.39, 0.29) is 17.0 Å². The van der Waals surface area contributed by atoms with Crippen molar-refractivity contribution in [1.29, 1.82) is 0 Å². The van der Waals surface area contributed by atoms with Crippen LogP contribution in [0.4, 0.5) is 0 Å². The second-order valence-electron chi connectivity index (χ2n) is 12.8. The summed E-state index contributed by atoms with van der Waals surface area (Å²) in [7, 11) is 0. The topological polar surface area (TPSA) is 55.1 Å². The van der Waals surface area contributed by atoms with Crippen molar-refractivity contribution < 1.29 is 4.79 Å². The van der Waals surface area contributed by atoms with Crippen molar-refractivity contribution >= 4 is 5.78 Å². The summed E-state index contributed by atoms with van der Waals surface area (Å²) in [6.45, 7) is 14.3. The fourth-order valence-electron chi connectivity index (χ4n) is 5.95. The van der Waals surface area contributed by atoms with E-state index < -0.39 is 0 Å². The van der Waals surface area contributed by atoms with E-state index in [1.807, 2.05) is 0 Å². The summed E-state index contributed by atoms with van der Waals surface area (Å²) in [6.07, 6.45) is 28.1. The molecule has 0 rings (SSSR count). The van der Waals surface area contributed by atoms with Gasteiger partial charge in [-0.15, -0.1) is 0 Å². The maximum atomic E-state index is 13.8. The predicted octanol–water partition coefficient (Wildman–Crippen LogP) is 10.3. The van der Waals surface area contributed by atoms with Gasteiger partial charge in [0, 0.05) is 30.0 Å². The van der Waals surface area contributed by atoms with Crippen molar-refractivity contribution in [3.05, 3.63) is 0 Å². The van der Waals surface area contributed by atoms with Crippen molar-refractivity contribution in [3.63, 3.8) is 0 Å². The van der Waals surface area contributed by atoms with E-state index in [1.54, 1.807) is 0 Å². The summed E-state index contributed by atoms with van der Waals surface area (Å²) in [5.41, 5.74) is 6.22. The van der Waals surface area contributed by atoms with Crippen molar-refractivity contribution in [2.45, 2.75) is 201 Å². The Labute approximate surface area is 234 Å². The second-order valence-corrected chi connectivity index (χ2v) is 12.8. The molecule has 3 nitrogen and oxygen atoms in total. The molecule has 0 aromatic carbocycles. The zero-order valence-electron chi connectivity index (χ0n) is 26.5.